The quantitative estimate of drug-likeness (QED) is 0.595. The molecule has 0 spiro atoms. The normalized spacial score (nSPS) is 11.3. The molecule has 1 N–H and O–H groups in total. The highest BCUT2D eigenvalue weighted by atomic mass is 32.2. The molecule has 0 radical (unpaired) electrons. The molecule has 0 aliphatic rings. The van der Waals surface area contributed by atoms with E-state index in [9.17, 15) is 23.3 Å². The second kappa shape index (κ2) is 7.72. The molecule has 0 heterocycles. The van der Waals surface area contributed by atoms with Crippen LogP contribution in [0.2, 0.25) is 0 Å². The van der Waals surface area contributed by atoms with Crippen LogP contribution < -0.4 is 10.1 Å². The standard InChI is InChI=1S/C17H19N3O6S/c1-11-5-6-12(9-15(11)20(22)23)17(21)18-14-10-13(7-8-16(14)26-4)27(24,25)19(2)3/h5-10H,1-4H3,(H,18,21). The Labute approximate surface area is 156 Å². The third-order valence-corrected chi connectivity index (χ3v) is 5.68. The minimum atomic E-state index is -3.71. The fourth-order valence-corrected chi connectivity index (χ4v) is 3.23. The van der Waals surface area contributed by atoms with E-state index in [-0.39, 0.29) is 27.6 Å². The van der Waals surface area contributed by atoms with Crippen molar-refractivity contribution in [1.82, 2.24) is 4.31 Å². The van der Waals surface area contributed by atoms with Crippen LogP contribution in [0.25, 0.3) is 0 Å². The van der Waals surface area contributed by atoms with Crippen LogP contribution in [0, 0.1) is 17.0 Å². The number of rotatable bonds is 6. The van der Waals surface area contributed by atoms with Crippen LogP contribution in [-0.2, 0) is 10.0 Å². The molecule has 9 nitrogen and oxygen atoms in total. The monoisotopic (exact) mass is 393 g/mol. The number of nitro benzene ring substituents is 1. The topological polar surface area (TPSA) is 119 Å². The number of benzene rings is 2. The van der Waals surface area contributed by atoms with Gasteiger partial charge in [-0.05, 0) is 31.2 Å². The molecule has 0 aromatic heterocycles. The number of sulfonamides is 1. The molecule has 0 unspecified atom stereocenters. The van der Waals surface area contributed by atoms with Crippen LogP contribution in [0.3, 0.4) is 0 Å². The molecular weight excluding hydrogens is 374 g/mol. The SMILES string of the molecule is COc1ccc(S(=O)(=O)N(C)C)cc1NC(=O)c1ccc(C)c([N+](=O)[O-])c1. The summed E-state index contributed by atoms with van der Waals surface area (Å²) >= 11 is 0. The van der Waals surface area contributed by atoms with Crippen molar-refractivity contribution in [1.29, 1.82) is 0 Å². The Morgan fingerprint density at radius 3 is 2.41 bits per heavy atom. The summed E-state index contributed by atoms with van der Waals surface area (Å²) in [7, 11) is 0.450. The van der Waals surface area contributed by atoms with Gasteiger partial charge in [0.25, 0.3) is 11.6 Å². The van der Waals surface area contributed by atoms with Crippen molar-refractivity contribution < 1.29 is 22.9 Å². The van der Waals surface area contributed by atoms with Crippen LogP contribution in [0.1, 0.15) is 15.9 Å². The minimum absolute atomic E-state index is 0.0292. The summed E-state index contributed by atoms with van der Waals surface area (Å²) in [5, 5.41) is 13.6. The molecule has 10 heteroatoms. The van der Waals surface area contributed by atoms with Crippen LogP contribution in [-0.4, -0.2) is 44.8 Å². The number of carbonyl (C=O) groups excluding carboxylic acids is 1. The van der Waals surface area contributed by atoms with Crippen molar-refractivity contribution in [2.75, 3.05) is 26.5 Å². The zero-order valence-corrected chi connectivity index (χ0v) is 16.0. The van der Waals surface area contributed by atoms with Gasteiger partial charge in [0.2, 0.25) is 10.0 Å². The first-order valence-electron chi connectivity index (χ1n) is 7.75. The number of amides is 1. The molecule has 0 aliphatic carbocycles. The highest BCUT2D eigenvalue weighted by molar-refractivity contribution is 7.89. The van der Waals surface area contributed by atoms with Crippen LogP contribution >= 0.6 is 0 Å². The van der Waals surface area contributed by atoms with E-state index < -0.39 is 20.9 Å². The first-order valence-corrected chi connectivity index (χ1v) is 9.19. The molecule has 0 bridgehead atoms. The van der Waals surface area contributed by atoms with E-state index in [1.54, 1.807) is 6.92 Å². The van der Waals surface area contributed by atoms with Crippen LogP contribution in [0.15, 0.2) is 41.3 Å². The summed E-state index contributed by atoms with van der Waals surface area (Å²) in [6.07, 6.45) is 0. The molecule has 0 fully saturated rings. The maximum atomic E-state index is 12.5. The Balaban J connectivity index is 2.43. The average Bonchev–Trinajstić information content (AvgIpc) is 2.61. The zero-order chi connectivity index (χ0) is 20.4. The molecule has 0 saturated carbocycles. The summed E-state index contributed by atoms with van der Waals surface area (Å²) in [6.45, 7) is 1.57. The zero-order valence-electron chi connectivity index (χ0n) is 15.2. The summed E-state index contributed by atoms with van der Waals surface area (Å²) in [4.78, 5) is 23.0. The Hall–Kier alpha value is -2.98. The molecule has 144 valence electrons. The highest BCUT2D eigenvalue weighted by Gasteiger charge is 2.21. The van der Waals surface area contributed by atoms with E-state index in [0.717, 1.165) is 10.4 Å². The van der Waals surface area contributed by atoms with Crippen molar-refractivity contribution in [2.24, 2.45) is 0 Å². The predicted octanol–water partition coefficient (Wildman–Crippen LogP) is 2.41. The van der Waals surface area contributed by atoms with Crippen molar-refractivity contribution in [3.8, 4) is 5.75 Å². The number of aryl methyl sites for hydroxylation is 1. The molecule has 1 amide bonds. The second-order valence-electron chi connectivity index (χ2n) is 5.86. The van der Waals surface area contributed by atoms with Gasteiger partial charge in [-0.15, -0.1) is 0 Å². The van der Waals surface area contributed by atoms with Crippen LogP contribution in [0.4, 0.5) is 11.4 Å². The van der Waals surface area contributed by atoms with Crippen LogP contribution in [0.5, 0.6) is 5.75 Å². The van der Waals surface area contributed by atoms with Crippen molar-refractivity contribution in [3.63, 3.8) is 0 Å². The lowest BCUT2D eigenvalue weighted by molar-refractivity contribution is -0.385. The molecule has 27 heavy (non-hydrogen) atoms. The fraction of sp³-hybridized carbons (Fsp3) is 0.235. The number of nitrogens with zero attached hydrogens (tertiary/aromatic N) is 2. The number of hydrogen-bond acceptors (Lipinski definition) is 6. The van der Waals surface area contributed by atoms with E-state index in [1.165, 1.54) is 51.5 Å². The Morgan fingerprint density at radius 1 is 1.19 bits per heavy atom. The van der Waals surface area contributed by atoms with Crippen molar-refractivity contribution >= 4 is 27.3 Å². The smallest absolute Gasteiger partial charge is 0.273 e. The van der Waals surface area contributed by atoms with Gasteiger partial charge in [-0.3, -0.25) is 14.9 Å². The third-order valence-electron chi connectivity index (χ3n) is 3.87. The molecule has 2 rings (SSSR count). The van der Waals surface area contributed by atoms with E-state index in [1.807, 2.05) is 0 Å². The summed E-state index contributed by atoms with van der Waals surface area (Å²) < 4.78 is 30.8. The third kappa shape index (κ3) is 4.23. The Kier molecular flexibility index (Phi) is 5.82. The number of methoxy groups -OCH3 is 1. The number of nitro groups is 1. The number of anilines is 1. The van der Waals surface area contributed by atoms with Gasteiger partial charge < -0.3 is 10.1 Å². The van der Waals surface area contributed by atoms with E-state index >= 15 is 0 Å². The summed E-state index contributed by atoms with van der Waals surface area (Å²) in [6, 6.07) is 8.14. The van der Waals surface area contributed by atoms with Gasteiger partial charge in [-0.1, -0.05) is 6.07 Å². The molecule has 0 aliphatic heterocycles. The molecular formula is C17H19N3O6S. The lowest BCUT2D eigenvalue weighted by Crippen LogP contribution is -2.22. The predicted molar refractivity (Wildman–Crippen MR) is 99.7 cm³/mol. The van der Waals surface area contributed by atoms with Crippen molar-refractivity contribution in [2.45, 2.75) is 11.8 Å². The molecule has 0 atom stereocenters. The lowest BCUT2D eigenvalue weighted by Gasteiger charge is -2.15. The maximum Gasteiger partial charge on any atom is 0.273 e. The average molecular weight is 393 g/mol. The molecule has 0 saturated heterocycles. The maximum absolute atomic E-state index is 12.5. The van der Waals surface area contributed by atoms with Gasteiger partial charge in [0.1, 0.15) is 5.75 Å². The van der Waals surface area contributed by atoms with E-state index in [2.05, 4.69) is 5.32 Å². The molecule has 2 aromatic rings. The second-order valence-corrected chi connectivity index (χ2v) is 8.01. The van der Waals surface area contributed by atoms with Crippen molar-refractivity contribution in [3.05, 3.63) is 57.6 Å². The molecule has 2 aromatic carbocycles. The van der Waals surface area contributed by atoms with E-state index in [0.29, 0.717) is 5.56 Å². The van der Waals surface area contributed by atoms with Gasteiger partial charge in [0.15, 0.2) is 0 Å². The number of nitrogens with one attached hydrogen (secondary N) is 1. The number of hydrogen-bond donors (Lipinski definition) is 1. The summed E-state index contributed by atoms with van der Waals surface area (Å²) in [5.74, 6) is -0.376. The first kappa shape index (κ1) is 20.3. The Bertz CT molecular complexity index is 1000. The fourth-order valence-electron chi connectivity index (χ4n) is 2.30. The number of carbonyl (C=O) groups is 1. The number of ether oxygens (including phenoxy) is 1. The highest BCUT2D eigenvalue weighted by Crippen LogP contribution is 2.29. The van der Waals surface area contributed by atoms with Gasteiger partial charge in [-0.2, -0.15) is 0 Å². The lowest BCUT2D eigenvalue weighted by atomic mass is 10.1. The Morgan fingerprint density at radius 2 is 1.85 bits per heavy atom. The van der Waals surface area contributed by atoms with Gasteiger partial charge in [0, 0.05) is 31.3 Å². The largest absolute Gasteiger partial charge is 0.495 e. The van der Waals surface area contributed by atoms with Gasteiger partial charge in [0.05, 0.1) is 22.6 Å². The minimum Gasteiger partial charge on any atom is -0.495 e. The first-order chi connectivity index (χ1) is 12.6. The van der Waals surface area contributed by atoms with E-state index in [4.69, 9.17) is 4.74 Å². The van der Waals surface area contributed by atoms with Gasteiger partial charge >= 0.3 is 0 Å². The van der Waals surface area contributed by atoms with Gasteiger partial charge in [-0.25, -0.2) is 12.7 Å². The summed E-state index contributed by atoms with van der Waals surface area (Å²) in [5.41, 5.74) is 0.440.